The van der Waals surface area contributed by atoms with E-state index < -0.39 is 0 Å². The molecule has 0 aliphatic heterocycles. The quantitative estimate of drug-likeness (QED) is 0.693. The van der Waals surface area contributed by atoms with Gasteiger partial charge < -0.3 is 5.32 Å². The molecule has 0 aliphatic carbocycles. The van der Waals surface area contributed by atoms with Gasteiger partial charge in [0.1, 0.15) is 0 Å². The summed E-state index contributed by atoms with van der Waals surface area (Å²) in [5.74, 6) is 0. The molecule has 2 aromatic carbocycles. The Hall–Kier alpha value is -1.80. The summed E-state index contributed by atoms with van der Waals surface area (Å²) in [6.45, 7) is 5.23. The molecular weight excluding hydrogens is 250 g/mol. The fourth-order valence-corrected chi connectivity index (χ4v) is 3.05. The van der Waals surface area contributed by atoms with Crippen molar-refractivity contribution in [3.05, 3.63) is 64.5 Å². The van der Waals surface area contributed by atoms with Crippen molar-refractivity contribution in [3.8, 4) is 0 Å². The van der Waals surface area contributed by atoms with E-state index in [0.29, 0.717) is 0 Å². The predicted octanol–water partition coefficient (Wildman–Crippen LogP) is 5.13. The molecule has 0 atom stereocenters. The van der Waals surface area contributed by atoms with Gasteiger partial charge in [0.2, 0.25) is 0 Å². The molecule has 96 valence electrons. The Labute approximate surface area is 117 Å². The average molecular weight is 267 g/mol. The van der Waals surface area contributed by atoms with Crippen LogP contribution < -0.4 is 5.32 Å². The summed E-state index contributed by atoms with van der Waals surface area (Å²) in [5.41, 5.74) is 5.29. The summed E-state index contributed by atoms with van der Waals surface area (Å²) in [5, 5.41) is 6.97. The normalized spacial score (nSPS) is 10.8. The van der Waals surface area contributed by atoms with Crippen LogP contribution in [0.15, 0.2) is 47.8 Å². The van der Waals surface area contributed by atoms with Gasteiger partial charge in [0, 0.05) is 16.9 Å². The van der Waals surface area contributed by atoms with Crippen molar-refractivity contribution in [3.63, 3.8) is 0 Å². The van der Waals surface area contributed by atoms with Crippen LogP contribution in [0.3, 0.4) is 0 Å². The number of aryl methyl sites for hydroxylation is 1. The molecule has 0 unspecified atom stereocenters. The molecule has 19 heavy (non-hydrogen) atoms. The number of anilines is 1. The maximum atomic E-state index is 3.52. The average Bonchev–Trinajstić information content (AvgIpc) is 2.88. The SMILES string of the molecule is Cc1cccc(CNc2ccc3sccc3c2)c1C. The van der Waals surface area contributed by atoms with Crippen molar-refractivity contribution < 1.29 is 0 Å². The van der Waals surface area contributed by atoms with E-state index in [9.17, 15) is 0 Å². The van der Waals surface area contributed by atoms with Crippen LogP contribution in [0.5, 0.6) is 0 Å². The van der Waals surface area contributed by atoms with Crippen molar-refractivity contribution in [2.75, 3.05) is 5.32 Å². The number of hydrogen-bond acceptors (Lipinski definition) is 2. The van der Waals surface area contributed by atoms with E-state index in [1.54, 1.807) is 11.3 Å². The van der Waals surface area contributed by atoms with Crippen molar-refractivity contribution in [1.82, 2.24) is 0 Å². The van der Waals surface area contributed by atoms with Crippen LogP contribution in [-0.4, -0.2) is 0 Å². The molecule has 1 heterocycles. The van der Waals surface area contributed by atoms with E-state index >= 15 is 0 Å². The Morgan fingerprint density at radius 3 is 2.84 bits per heavy atom. The molecule has 3 rings (SSSR count). The third kappa shape index (κ3) is 2.49. The first-order chi connectivity index (χ1) is 9.24. The minimum absolute atomic E-state index is 0.878. The highest BCUT2D eigenvalue weighted by Crippen LogP contribution is 2.24. The van der Waals surface area contributed by atoms with Gasteiger partial charge in [0.25, 0.3) is 0 Å². The molecule has 0 amide bonds. The fourth-order valence-electron chi connectivity index (χ4n) is 2.28. The highest BCUT2D eigenvalue weighted by Gasteiger charge is 2.01. The summed E-state index contributed by atoms with van der Waals surface area (Å²) >= 11 is 1.79. The zero-order chi connectivity index (χ0) is 13.2. The summed E-state index contributed by atoms with van der Waals surface area (Å²) in [6.07, 6.45) is 0. The smallest absolute Gasteiger partial charge is 0.0403 e. The fraction of sp³-hybridized carbons (Fsp3) is 0.176. The zero-order valence-electron chi connectivity index (χ0n) is 11.2. The second kappa shape index (κ2) is 5.06. The molecule has 1 N–H and O–H groups in total. The molecule has 2 heteroatoms. The topological polar surface area (TPSA) is 12.0 Å². The summed E-state index contributed by atoms with van der Waals surface area (Å²) in [6, 6.07) is 15.2. The largest absolute Gasteiger partial charge is 0.381 e. The molecule has 0 spiro atoms. The highest BCUT2D eigenvalue weighted by molar-refractivity contribution is 7.17. The van der Waals surface area contributed by atoms with Gasteiger partial charge in [-0.1, -0.05) is 18.2 Å². The summed E-state index contributed by atoms with van der Waals surface area (Å²) < 4.78 is 1.34. The zero-order valence-corrected chi connectivity index (χ0v) is 12.1. The lowest BCUT2D eigenvalue weighted by molar-refractivity contribution is 1.10. The van der Waals surface area contributed by atoms with E-state index in [4.69, 9.17) is 0 Å². The number of rotatable bonds is 3. The maximum absolute atomic E-state index is 3.52. The molecule has 0 aliphatic rings. The second-order valence-electron chi connectivity index (χ2n) is 4.89. The minimum Gasteiger partial charge on any atom is -0.381 e. The van der Waals surface area contributed by atoms with Crippen LogP contribution in [0.25, 0.3) is 10.1 Å². The van der Waals surface area contributed by atoms with Gasteiger partial charge in [0.05, 0.1) is 0 Å². The van der Waals surface area contributed by atoms with Crippen LogP contribution in [-0.2, 0) is 6.54 Å². The van der Waals surface area contributed by atoms with E-state index in [0.717, 1.165) is 6.54 Å². The van der Waals surface area contributed by atoms with Gasteiger partial charge >= 0.3 is 0 Å². The molecule has 0 bridgehead atoms. The third-order valence-corrected chi connectivity index (χ3v) is 4.55. The number of nitrogens with one attached hydrogen (secondary N) is 1. The van der Waals surface area contributed by atoms with Crippen LogP contribution in [0, 0.1) is 13.8 Å². The first-order valence-electron chi connectivity index (χ1n) is 6.50. The van der Waals surface area contributed by atoms with E-state index in [1.807, 2.05) is 0 Å². The first-order valence-corrected chi connectivity index (χ1v) is 7.38. The lowest BCUT2D eigenvalue weighted by Gasteiger charge is -2.11. The van der Waals surface area contributed by atoms with Crippen molar-refractivity contribution in [2.24, 2.45) is 0 Å². The van der Waals surface area contributed by atoms with Gasteiger partial charge in [-0.25, -0.2) is 0 Å². The van der Waals surface area contributed by atoms with Crippen molar-refractivity contribution >= 4 is 27.1 Å². The number of fused-ring (bicyclic) bond motifs is 1. The van der Waals surface area contributed by atoms with Crippen LogP contribution in [0.1, 0.15) is 16.7 Å². The van der Waals surface area contributed by atoms with Crippen LogP contribution >= 0.6 is 11.3 Å². The van der Waals surface area contributed by atoms with Crippen molar-refractivity contribution in [1.29, 1.82) is 0 Å². The summed E-state index contributed by atoms with van der Waals surface area (Å²) in [7, 11) is 0. The third-order valence-electron chi connectivity index (χ3n) is 3.65. The molecular formula is C17H17NS. The van der Waals surface area contributed by atoms with E-state index in [1.165, 1.54) is 32.5 Å². The number of thiophene rings is 1. The van der Waals surface area contributed by atoms with Gasteiger partial charge in [-0.3, -0.25) is 0 Å². The lowest BCUT2D eigenvalue weighted by Crippen LogP contribution is -2.02. The molecule has 1 nitrogen and oxygen atoms in total. The van der Waals surface area contributed by atoms with Crippen LogP contribution in [0.4, 0.5) is 5.69 Å². The van der Waals surface area contributed by atoms with Gasteiger partial charge in [-0.15, -0.1) is 11.3 Å². The summed E-state index contributed by atoms with van der Waals surface area (Å²) in [4.78, 5) is 0. The Morgan fingerprint density at radius 2 is 1.95 bits per heavy atom. The Kier molecular flexibility index (Phi) is 3.26. The minimum atomic E-state index is 0.878. The Balaban J connectivity index is 1.80. The van der Waals surface area contributed by atoms with Gasteiger partial charge in [0.15, 0.2) is 0 Å². The maximum Gasteiger partial charge on any atom is 0.0403 e. The van der Waals surface area contributed by atoms with E-state index in [2.05, 4.69) is 67.0 Å². The molecule has 1 aromatic heterocycles. The van der Waals surface area contributed by atoms with Crippen molar-refractivity contribution in [2.45, 2.75) is 20.4 Å². The van der Waals surface area contributed by atoms with Crippen LogP contribution in [0.2, 0.25) is 0 Å². The number of hydrogen-bond donors (Lipinski definition) is 1. The molecule has 0 saturated heterocycles. The van der Waals surface area contributed by atoms with E-state index in [-0.39, 0.29) is 0 Å². The predicted molar refractivity (Wildman–Crippen MR) is 85.1 cm³/mol. The molecule has 3 aromatic rings. The van der Waals surface area contributed by atoms with Gasteiger partial charge in [-0.2, -0.15) is 0 Å². The van der Waals surface area contributed by atoms with Gasteiger partial charge in [-0.05, 0) is 65.6 Å². The second-order valence-corrected chi connectivity index (χ2v) is 5.83. The number of benzene rings is 2. The Bertz CT molecular complexity index is 712. The highest BCUT2D eigenvalue weighted by atomic mass is 32.1. The standard InChI is InChI=1S/C17H17NS/c1-12-4-3-5-15(13(12)2)11-18-16-6-7-17-14(10-16)8-9-19-17/h3-10,18H,11H2,1-2H3. The molecule has 0 radical (unpaired) electrons. The Morgan fingerprint density at radius 1 is 1.05 bits per heavy atom. The first kappa shape index (κ1) is 12.2. The molecule has 0 fully saturated rings. The molecule has 0 saturated carbocycles. The monoisotopic (exact) mass is 267 g/mol. The lowest BCUT2D eigenvalue weighted by atomic mass is 10.0.